The molecule has 3 N–H and O–H groups in total. The third-order valence-electron chi connectivity index (χ3n) is 2.29. The van der Waals surface area contributed by atoms with Crippen molar-refractivity contribution in [2.75, 3.05) is 13.2 Å². The molecule has 0 fully saturated rings. The number of nitrogens with two attached hydrogens (primary N) is 1. The van der Waals surface area contributed by atoms with Gasteiger partial charge in [-0.3, -0.25) is 16.3 Å². The van der Waals surface area contributed by atoms with Crippen LogP contribution in [0.3, 0.4) is 0 Å². The quantitative estimate of drug-likeness (QED) is 0.421. The molecule has 4 nitrogen and oxygen atoms in total. The van der Waals surface area contributed by atoms with Crippen molar-refractivity contribution in [3.05, 3.63) is 29.6 Å². The van der Waals surface area contributed by atoms with E-state index in [2.05, 4.69) is 17.3 Å². The summed E-state index contributed by atoms with van der Waals surface area (Å²) in [5.41, 5.74) is 5.02. The second-order valence-electron chi connectivity index (χ2n) is 3.53. The normalized spacial score (nSPS) is 12.7. The van der Waals surface area contributed by atoms with Gasteiger partial charge in [0, 0.05) is 19.0 Å². The number of hydrazine groups is 1. The third kappa shape index (κ3) is 3.58. The number of pyridine rings is 1. The molecule has 0 aliphatic carbocycles. The summed E-state index contributed by atoms with van der Waals surface area (Å²) in [6.45, 7) is 5.47. The highest BCUT2D eigenvalue weighted by molar-refractivity contribution is 5.24. The van der Waals surface area contributed by atoms with Crippen molar-refractivity contribution in [1.29, 1.82) is 0 Å². The van der Waals surface area contributed by atoms with Crippen LogP contribution in [0.2, 0.25) is 0 Å². The number of ether oxygens (including phenoxy) is 1. The van der Waals surface area contributed by atoms with Gasteiger partial charge < -0.3 is 4.74 Å². The molecule has 0 saturated heterocycles. The number of nitrogens with zero attached hydrogens (tertiary/aromatic N) is 1. The van der Waals surface area contributed by atoms with Crippen LogP contribution < -0.4 is 11.3 Å². The van der Waals surface area contributed by atoms with Gasteiger partial charge in [0.25, 0.3) is 0 Å². The van der Waals surface area contributed by atoms with E-state index in [-0.39, 0.29) is 6.04 Å². The zero-order valence-corrected chi connectivity index (χ0v) is 9.36. The molecule has 1 aromatic rings. The minimum Gasteiger partial charge on any atom is -0.379 e. The lowest BCUT2D eigenvalue weighted by Gasteiger charge is -2.17. The first kappa shape index (κ1) is 12.1. The molecule has 1 atom stereocenters. The van der Waals surface area contributed by atoms with Gasteiger partial charge in [-0.25, -0.2) is 0 Å². The molecule has 0 aliphatic rings. The summed E-state index contributed by atoms with van der Waals surface area (Å²) < 4.78 is 5.47. The van der Waals surface area contributed by atoms with Crippen LogP contribution in [0.1, 0.15) is 30.5 Å². The van der Waals surface area contributed by atoms with Crippen LogP contribution in [0.5, 0.6) is 0 Å². The van der Waals surface area contributed by atoms with Crippen molar-refractivity contribution in [2.24, 2.45) is 5.84 Å². The first-order valence-electron chi connectivity index (χ1n) is 5.24. The van der Waals surface area contributed by atoms with Gasteiger partial charge in [0.1, 0.15) is 0 Å². The maximum absolute atomic E-state index is 5.50. The lowest BCUT2D eigenvalue weighted by Crippen LogP contribution is -2.32. The van der Waals surface area contributed by atoms with Crippen LogP contribution in [0, 0.1) is 6.92 Å². The molecule has 0 spiro atoms. The molecule has 1 unspecified atom stereocenters. The van der Waals surface area contributed by atoms with Gasteiger partial charge in [-0.2, -0.15) is 0 Å². The Morgan fingerprint density at radius 2 is 2.40 bits per heavy atom. The first-order chi connectivity index (χ1) is 7.29. The van der Waals surface area contributed by atoms with Gasteiger partial charge in [0.2, 0.25) is 0 Å². The highest BCUT2D eigenvalue weighted by atomic mass is 16.5. The zero-order valence-electron chi connectivity index (χ0n) is 9.36. The summed E-state index contributed by atoms with van der Waals surface area (Å²) in [7, 11) is 0. The predicted octanol–water partition coefficient (Wildman–Crippen LogP) is 1.32. The Hall–Kier alpha value is -0.970. The molecule has 1 aromatic heterocycles. The summed E-state index contributed by atoms with van der Waals surface area (Å²) in [6, 6.07) is 1.99. The fraction of sp³-hybridized carbons (Fsp3) is 0.545. The van der Waals surface area contributed by atoms with Gasteiger partial charge in [-0.15, -0.1) is 0 Å². The van der Waals surface area contributed by atoms with E-state index in [0.29, 0.717) is 6.61 Å². The molecule has 0 bridgehead atoms. The van der Waals surface area contributed by atoms with E-state index < -0.39 is 0 Å². The number of hydrogen-bond donors (Lipinski definition) is 2. The molecule has 15 heavy (non-hydrogen) atoms. The molecular formula is C11H19N3O. The van der Waals surface area contributed by atoms with E-state index in [1.54, 1.807) is 6.20 Å². The lowest BCUT2D eigenvalue weighted by molar-refractivity contribution is 0.112. The Morgan fingerprint density at radius 3 is 3.00 bits per heavy atom. The maximum atomic E-state index is 5.50. The highest BCUT2D eigenvalue weighted by Crippen LogP contribution is 2.15. The molecule has 1 heterocycles. The SMILES string of the molecule is CCCOCC(NN)c1cnccc1C. The lowest BCUT2D eigenvalue weighted by atomic mass is 10.1. The molecule has 1 rings (SSSR count). The standard InChI is InChI=1S/C11H19N3O/c1-3-6-15-8-11(14-12)10-7-13-5-4-9(10)2/h4-5,7,11,14H,3,6,8,12H2,1-2H3. The molecule has 0 saturated carbocycles. The van der Waals surface area contributed by atoms with E-state index in [1.165, 1.54) is 5.56 Å². The summed E-state index contributed by atoms with van der Waals surface area (Å²) in [5, 5.41) is 0. The molecule has 0 radical (unpaired) electrons. The maximum Gasteiger partial charge on any atom is 0.0711 e. The fourth-order valence-corrected chi connectivity index (χ4v) is 1.41. The summed E-state index contributed by atoms with van der Waals surface area (Å²) in [5.74, 6) is 5.50. The molecule has 0 aromatic carbocycles. The second-order valence-corrected chi connectivity index (χ2v) is 3.53. The van der Waals surface area contributed by atoms with Gasteiger partial charge in [0.05, 0.1) is 12.6 Å². The summed E-state index contributed by atoms with van der Waals surface area (Å²) in [6.07, 6.45) is 4.62. The number of nitrogens with one attached hydrogen (secondary N) is 1. The number of aryl methyl sites for hydroxylation is 1. The molecule has 0 amide bonds. The van der Waals surface area contributed by atoms with E-state index >= 15 is 0 Å². The van der Waals surface area contributed by atoms with Crippen molar-refractivity contribution in [2.45, 2.75) is 26.3 Å². The average Bonchev–Trinajstić information content (AvgIpc) is 2.26. The van der Waals surface area contributed by atoms with Crippen molar-refractivity contribution in [3.8, 4) is 0 Å². The first-order valence-corrected chi connectivity index (χ1v) is 5.24. The van der Waals surface area contributed by atoms with E-state index in [4.69, 9.17) is 10.6 Å². The third-order valence-corrected chi connectivity index (χ3v) is 2.29. The molecule has 0 aliphatic heterocycles. The zero-order chi connectivity index (χ0) is 11.1. The Labute approximate surface area is 90.8 Å². The Morgan fingerprint density at radius 1 is 1.60 bits per heavy atom. The van der Waals surface area contributed by atoms with Crippen LogP contribution in [-0.2, 0) is 4.74 Å². The predicted molar refractivity (Wildman–Crippen MR) is 60.1 cm³/mol. The van der Waals surface area contributed by atoms with Crippen LogP contribution in [-0.4, -0.2) is 18.2 Å². The van der Waals surface area contributed by atoms with Crippen LogP contribution >= 0.6 is 0 Å². The minimum absolute atomic E-state index is 0.0187. The van der Waals surface area contributed by atoms with Crippen molar-refractivity contribution < 1.29 is 4.74 Å². The summed E-state index contributed by atoms with van der Waals surface area (Å²) in [4.78, 5) is 4.09. The second kappa shape index (κ2) is 6.50. The number of hydrogen-bond acceptors (Lipinski definition) is 4. The Balaban J connectivity index is 2.61. The smallest absolute Gasteiger partial charge is 0.0711 e. The van der Waals surface area contributed by atoms with Gasteiger partial charge in [-0.1, -0.05) is 6.92 Å². The largest absolute Gasteiger partial charge is 0.379 e. The topological polar surface area (TPSA) is 60.2 Å². The Kier molecular flexibility index (Phi) is 5.25. The van der Waals surface area contributed by atoms with Crippen LogP contribution in [0.4, 0.5) is 0 Å². The monoisotopic (exact) mass is 209 g/mol. The van der Waals surface area contributed by atoms with Crippen molar-refractivity contribution >= 4 is 0 Å². The average molecular weight is 209 g/mol. The van der Waals surface area contributed by atoms with Gasteiger partial charge in [0.15, 0.2) is 0 Å². The van der Waals surface area contributed by atoms with E-state index in [0.717, 1.165) is 18.6 Å². The minimum atomic E-state index is 0.0187. The molecule has 4 heteroatoms. The summed E-state index contributed by atoms with van der Waals surface area (Å²) >= 11 is 0. The van der Waals surface area contributed by atoms with Gasteiger partial charge >= 0.3 is 0 Å². The van der Waals surface area contributed by atoms with Crippen LogP contribution in [0.15, 0.2) is 18.5 Å². The van der Waals surface area contributed by atoms with Crippen molar-refractivity contribution in [3.63, 3.8) is 0 Å². The number of rotatable bonds is 6. The van der Waals surface area contributed by atoms with Crippen molar-refractivity contribution in [1.82, 2.24) is 10.4 Å². The molecular weight excluding hydrogens is 190 g/mol. The Bertz CT molecular complexity index is 291. The van der Waals surface area contributed by atoms with Crippen LogP contribution in [0.25, 0.3) is 0 Å². The van der Waals surface area contributed by atoms with Gasteiger partial charge in [-0.05, 0) is 30.5 Å². The van der Waals surface area contributed by atoms with E-state index in [9.17, 15) is 0 Å². The number of aromatic nitrogens is 1. The highest BCUT2D eigenvalue weighted by Gasteiger charge is 2.11. The van der Waals surface area contributed by atoms with E-state index in [1.807, 2.05) is 19.2 Å². The fourth-order valence-electron chi connectivity index (χ4n) is 1.41. The molecule has 84 valence electrons.